The van der Waals surface area contributed by atoms with Crippen LogP contribution >= 0.6 is 11.8 Å². The predicted molar refractivity (Wildman–Crippen MR) is 101 cm³/mol. The molecular weight excluding hydrogens is 336 g/mol. The van der Waals surface area contributed by atoms with Crippen LogP contribution in [-0.4, -0.2) is 71.8 Å². The molecule has 2 amide bonds. The summed E-state index contributed by atoms with van der Waals surface area (Å²) in [6, 6.07) is 10.0. The van der Waals surface area contributed by atoms with E-state index in [-0.39, 0.29) is 23.5 Å². The Balaban J connectivity index is 1.41. The Labute approximate surface area is 152 Å². The van der Waals surface area contributed by atoms with Gasteiger partial charge in [0.15, 0.2) is 5.17 Å². The molecule has 1 fully saturated rings. The molecule has 25 heavy (non-hydrogen) atoms. The fourth-order valence-electron chi connectivity index (χ4n) is 2.87. The minimum Gasteiger partial charge on any atom is -0.356 e. The van der Waals surface area contributed by atoms with E-state index in [0.29, 0.717) is 6.54 Å². The number of hydrogen-bond donors (Lipinski definition) is 1. The SMILES string of the molecule is CN1CCN(C2=NC(=O)C(CC(=O)NCCc3ccccc3)S2)CC1. The maximum atomic E-state index is 12.1. The Bertz CT molecular complexity index is 642. The first-order valence-corrected chi connectivity index (χ1v) is 9.53. The van der Waals surface area contributed by atoms with Gasteiger partial charge in [-0.2, -0.15) is 4.99 Å². The van der Waals surface area contributed by atoms with Crippen molar-refractivity contribution < 1.29 is 9.59 Å². The van der Waals surface area contributed by atoms with Gasteiger partial charge in [0.1, 0.15) is 5.25 Å². The standard InChI is InChI=1S/C18H24N4O2S/c1-21-9-11-22(12-10-21)18-20-17(24)15(25-18)13-16(23)19-8-7-14-5-3-2-4-6-14/h2-6,15H,7-13H2,1H3,(H,19,23). The van der Waals surface area contributed by atoms with E-state index in [0.717, 1.165) is 37.8 Å². The number of likely N-dealkylation sites (N-methyl/N-ethyl adjacent to an activating group) is 1. The summed E-state index contributed by atoms with van der Waals surface area (Å²) < 4.78 is 0. The lowest BCUT2D eigenvalue weighted by Crippen LogP contribution is -2.46. The van der Waals surface area contributed by atoms with E-state index in [1.807, 2.05) is 30.3 Å². The quantitative estimate of drug-likeness (QED) is 0.848. The number of benzene rings is 1. The second-order valence-corrected chi connectivity index (χ2v) is 7.59. The molecular formula is C18H24N4O2S. The van der Waals surface area contributed by atoms with Crippen molar-refractivity contribution in [3.05, 3.63) is 35.9 Å². The molecule has 2 aliphatic heterocycles. The van der Waals surface area contributed by atoms with Gasteiger partial charge in [0.05, 0.1) is 0 Å². The molecule has 0 bridgehead atoms. The van der Waals surface area contributed by atoms with E-state index in [4.69, 9.17) is 0 Å². The lowest BCUT2D eigenvalue weighted by Gasteiger charge is -2.33. The predicted octanol–water partition coefficient (Wildman–Crippen LogP) is 0.981. The third-order valence-electron chi connectivity index (χ3n) is 4.45. The number of thioether (sulfide) groups is 1. The molecule has 3 rings (SSSR count). The first-order chi connectivity index (χ1) is 12.1. The van der Waals surface area contributed by atoms with E-state index in [1.165, 1.54) is 17.3 Å². The number of carbonyl (C=O) groups is 2. The van der Waals surface area contributed by atoms with Crippen LogP contribution in [0.5, 0.6) is 0 Å². The molecule has 2 aliphatic rings. The first kappa shape index (κ1) is 17.9. The van der Waals surface area contributed by atoms with Gasteiger partial charge in [0.2, 0.25) is 5.91 Å². The number of amides is 2. The Hall–Kier alpha value is -1.86. The van der Waals surface area contributed by atoms with Crippen molar-refractivity contribution in [1.29, 1.82) is 0 Å². The highest BCUT2D eigenvalue weighted by molar-refractivity contribution is 8.15. The van der Waals surface area contributed by atoms with Crippen LogP contribution in [0.2, 0.25) is 0 Å². The van der Waals surface area contributed by atoms with Crippen molar-refractivity contribution in [3.8, 4) is 0 Å². The smallest absolute Gasteiger partial charge is 0.262 e. The van der Waals surface area contributed by atoms with Crippen molar-refractivity contribution >= 4 is 28.7 Å². The second kappa shape index (κ2) is 8.49. The third-order valence-corrected chi connectivity index (χ3v) is 5.67. The van der Waals surface area contributed by atoms with E-state index in [2.05, 4.69) is 27.2 Å². The van der Waals surface area contributed by atoms with Crippen LogP contribution in [0.4, 0.5) is 0 Å². The van der Waals surface area contributed by atoms with Crippen LogP contribution in [0.15, 0.2) is 35.3 Å². The molecule has 1 saturated heterocycles. The maximum Gasteiger partial charge on any atom is 0.262 e. The summed E-state index contributed by atoms with van der Waals surface area (Å²) in [5, 5.41) is 3.30. The number of rotatable bonds is 5. The van der Waals surface area contributed by atoms with Crippen molar-refractivity contribution in [3.63, 3.8) is 0 Å². The summed E-state index contributed by atoms with van der Waals surface area (Å²) in [5.74, 6) is -0.270. The van der Waals surface area contributed by atoms with Crippen LogP contribution in [0, 0.1) is 0 Å². The monoisotopic (exact) mass is 360 g/mol. The van der Waals surface area contributed by atoms with Gasteiger partial charge in [0.25, 0.3) is 5.91 Å². The van der Waals surface area contributed by atoms with Crippen molar-refractivity contribution in [1.82, 2.24) is 15.1 Å². The highest BCUT2D eigenvalue weighted by Crippen LogP contribution is 2.27. The number of nitrogens with zero attached hydrogens (tertiary/aromatic N) is 3. The van der Waals surface area contributed by atoms with Gasteiger partial charge < -0.3 is 15.1 Å². The summed E-state index contributed by atoms with van der Waals surface area (Å²) in [6.45, 7) is 4.29. The van der Waals surface area contributed by atoms with E-state index in [9.17, 15) is 9.59 Å². The molecule has 7 heteroatoms. The molecule has 0 aromatic heterocycles. The fraction of sp³-hybridized carbons (Fsp3) is 0.500. The first-order valence-electron chi connectivity index (χ1n) is 8.65. The molecule has 0 aliphatic carbocycles. The van der Waals surface area contributed by atoms with Crippen LogP contribution < -0.4 is 5.32 Å². The summed E-state index contributed by atoms with van der Waals surface area (Å²) in [6.07, 6.45) is 0.987. The summed E-state index contributed by atoms with van der Waals surface area (Å²) in [5.41, 5.74) is 1.19. The van der Waals surface area contributed by atoms with Crippen LogP contribution in [-0.2, 0) is 16.0 Å². The van der Waals surface area contributed by atoms with Gasteiger partial charge in [-0.25, -0.2) is 0 Å². The third kappa shape index (κ3) is 5.06. The number of amidine groups is 1. The van der Waals surface area contributed by atoms with Crippen LogP contribution in [0.3, 0.4) is 0 Å². The van der Waals surface area contributed by atoms with E-state index >= 15 is 0 Å². The van der Waals surface area contributed by atoms with Crippen LogP contribution in [0.25, 0.3) is 0 Å². The Morgan fingerprint density at radius 2 is 1.96 bits per heavy atom. The van der Waals surface area contributed by atoms with Crippen LogP contribution in [0.1, 0.15) is 12.0 Å². The largest absolute Gasteiger partial charge is 0.356 e. The summed E-state index contributed by atoms with van der Waals surface area (Å²) in [7, 11) is 2.09. The molecule has 1 unspecified atom stereocenters. The molecule has 0 spiro atoms. The van der Waals surface area contributed by atoms with Gasteiger partial charge in [-0.15, -0.1) is 0 Å². The minimum atomic E-state index is -0.383. The summed E-state index contributed by atoms with van der Waals surface area (Å²) >= 11 is 1.43. The molecule has 6 nitrogen and oxygen atoms in total. The normalized spacial score (nSPS) is 21.3. The van der Waals surface area contributed by atoms with Gasteiger partial charge in [-0.1, -0.05) is 42.1 Å². The van der Waals surface area contributed by atoms with Crippen molar-refractivity contribution in [2.24, 2.45) is 4.99 Å². The maximum absolute atomic E-state index is 12.1. The van der Waals surface area contributed by atoms with Gasteiger partial charge in [-0.3, -0.25) is 9.59 Å². The van der Waals surface area contributed by atoms with Gasteiger partial charge in [-0.05, 0) is 19.0 Å². The Kier molecular flexibility index (Phi) is 6.09. The molecule has 1 aromatic rings. The number of piperazine rings is 1. The van der Waals surface area contributed by atoms with Gasteiger partial charge >= 0.3 is 0 Å². The van der Waals surface area contributed by atoms with E-state index in [1.54, 1.807) is 0 Å². The molecule has 1 atom stereocenters. The number of carbonyl (C=O) groups excluding carboxylic acids is 2. The lowest BCUT2D eigenvalue weighted by atomic mass is 10.1. The highest BCUT2D eigenvalue weighted by atomic mass is 32.2. The molecule has 2 heterocycles. The molecule has 0 radical (unpaired) electrons. The zero-order chi connectivity index (χ0) is 17.6. The molecule has 0 saturated carbocycles. The van der Waals surface area contributed by atoms with Gasteiger partial charge in [0, 0.05) is 39.1 Å². The molecule has 1 aromatic carbocycles. The number of aliphatic imine (C=N–C) groups is 1. The molecule has 134 valence electrons. The fourth-order valence-corrected chi connectivity index (χ4v) is 3.99. The minimum absolute atomic E-state index is 0.0865. The number of nitrogens with one attached hydrogen (secondary N) is 1. The average molecular weight is 360 g/mol. The average Bonchev–Trinajstić information content (AvgIpc) is 2.97. The summed E-state index contributed by atoms with van der Waals surface area (Å²) in [4.78, 5) is 32.8. The van der Waals surface area contributed by atoms with E-state index < -0.39 is 0 Å². The Morgan fingerprint density at radius 1 is 1.24 bits per heavy atom. The second-order valence-electron chi connectivity index (χ2n) is 6.42. The topological polar surface area (TPSA) is 65.0 Å². The Morgan fingerprint density at radius 3 is 2.68 bits per heavy atom. The van der Waals surface area contributed by atoms with Crippen molar-refractivity contribution in [2.45, 2.75) is 18.1 Å². The molecule has 1 N–H and O–H groups in total. The zero-order valence-electron chi connectivity index (χ0n) is 14.5. The van der Waals surface area contributed by atoms with Crippen molar-refractivity contribution in [2.75, 3.05) is 39.8 Å². The highest BCUT2D eigenvalue weighted by Gasteiger charge is 2.33. The lowest BCUT2D eigenvalue weighted by molar-refractivity contribution is -0.124. The number of hydrogen-bond acceptors (Lipinski definition) is 5. The zero-order valence-corrected chi connectivity index (χ0v) is 15.3.